The number of nitrogens with two attached hydrogens (primary N) is 1. The van der Waals surface area contributed by atoms with E-state index in [2.05, 4.69) is 5.32 Å². The molecule has 2 amide bonds. The van der Waals surface area contributed by atoms with Crippen molar-refractivity contribution in [2.75, 3.05) is 0 Å². The number of nitrogens with one attached hydrogen (secondary N) is 1. The SMILES string of the molecule is NC(=O)C1(OC(=O)C2=CNC(=O)CC2c2ccccc2)CCc2ccccc21. The van der Waals surface area contributed by atoms with Crippen molar-refractivity contribution in [3.05, 3.63) is 83.1 Å². The van der Waals surface area contributed by atoms with Crippen LogP contribution in [0.25, 0.3) is 0 Å². The molecular formula is C22H20N2O4. The Bertz CT molecular complexity index is 983. The van der Waals surface area contributed by atoms with Crippen molar-refractivity contribution in [3.8, 4) is 0 Å². The van der Waals surface area contributed by atoms with Crippen LogP contribution in [0.2, 0.25) is 0 Å². The Labute approximate surface area is 162 Å². The number of amides is 2. The van der Waals surface area contributed by atoms with E-state index in [-0.39, 0.29) is 12.3 Å². The Morgan fingerprint density at radius 1 is 1.07 bits per heavy atom. The van der Waals surface area contributed by atoms with Crippen LogP contribution in [0.1, 0.15) is 35.4 Å². The molecule has 1 aliphatic heterocycles. The molecule has 2 aliphatic rings. The van der Waals surface area contributed by atoms with Gasteiger partial charge in [-0.15, -0.1) is 0 Å². The van der Waals surface area contributed by atoms with E-state index in [0.29, 0.717) is 24.0 Å². The van der Waals surface area contributed by atoms with Crippen LogP contribution in [-0.2, 0) is 31.1 Å². The number of rotatable bonds is 4. The topological polar surface area (TPSA) is 98.5 Å². The van der Waals surface area contributed by atoms with Crippen molar-refractivity contribution in [2.45, 2.75) is 30.8 Å². The molecule has 2 atom stereocenters. The molecule has 0 fully saturated rings. The minimum absolute atomic E-state index is 0.130. The summed E-state index contributed by atoms with van der Waals surface area (Å²) < 4.78 is 5.78. The van der Waals surface area contributed by atoms with Gasteiger partial charge in [-0.3, -0.25) is 9.59 Å². The van der Waals surface area contributed by atoms with Gasteiger partial charge in [0.2, 0.25) is 11.5 Å². The lowest BCUT2D eigenvalue weighted by atomic mass is 9.86. The monoisotopic (exact) mass is 376 g/mol. The van der Waals surface area contributed by atoms with E-state index in [4.69, 9.17) is 10.5 Å². The molecular weight excluding hydrogens is 356 g/mol. The molecule has 0 bridgehead atoms. The number of aryl methyl sites for hydroxylation is 1. The van der Waals surface area contributed by atoms with Gasteiger partial charge in [-0.25, -0.2) is 4.79 Å². The second kappa shape index (κ2) is 6.96. The third kappa shape index (κ3) is 2.97. The Hall–Kier alpha value is -3.41. The van der Waals surface area contributed by atoms with Gasteiger partial charge in [-0.2, -0.15) is 0 Å². The van der Waals surface area contributed by atoms with Crippen LogP contribution in [0.4, 0.5) is 0 Å². The zero-order valence-corrected chi connectivity index (χ0v) is 15.2. The summed E-state index contributed by atoms with van der Waals surface area (Å²) in [7, 11) is 0. The highest BCUT2D eigenvalue weighted by Gasteiger charge is 2.48. The number of carbonyl (C=O) groups excluding carboxylic acids is 3. The minimum Gasteiger partial charge on any atom is -0.441 e. The van der Waals surface area contributed by atoms with E-state index in [0.717, 1.165) is 11.1 Å². The molecule has 2 aromatic carbocycles. The van der Waals surface area contributed by atoms with Gasteiger partial charge in [0.25, 0.3) is 5.91 Å². The van der Waals surface area contributed by atoms with E-state index in [1.54, 1.807) is 12.1 Å². The molecule has 0 aromatic heterocycles. The van der Waals surface area contributed by atoms with Gasteiger partial charge >= 0.3 is 5.97 Å². The Morgan fingerprint density at radius 2 is 1.79 bits per heavy atom. The van der Waals surface area contributed by atoms with Crippen LogP contribution < -0.4 is 11.1 Å². The number of hydrogen-bond donors (Lipinski definition) is 2. The number of fused-ring (bicyclic) bond motifs is 1. The summed E-state index contributed by atoms with van der Waals surface area (Å²) in [6.45, 7) is 0. The second-order valence-corrected chi connectivity index (χ2v) is 7.07. The molecule has 0 saturated heterocycles. The lowest BCUT2D eigenvalue weighted by molar-refractivity contribution is -0.165. The Balaban J connectivity index is 1.68. The highest BCUT2D eigenvalue weighted by molar-refractivity contribution is 5.97. The number of benzene rings is 2. The lowest BCUT2D eigenvalue weighted by Gasteiger charge is -2.30. The fourth-order valence-corrected chi connectivity index (χ4v) is 4.00. The van der Waals surface area contributed by atoms with Gasteiger partial charge in [-0.1, -0.05) is 54.6 Å². The molecule has 0 saturated carbocycles. The highest BCUT2D eigenvalue weighted by Crippen LogP contribution is 2.41. The van der Waals surface area contributed by atoms with Gasteiger partial charge in [0.05, 0.1) is 5.57 Å². The molecule has 6 heteroatoms. The maximum atomic E-state index is 13.1. The van der Waals surface area contributed by atoms with Gasteiger partial charge in [0, 0.05) is 30.5 Å². The van der Waals surface area contributed by atoms with Crippen molar-refractivity contribution in [1.29, 1.82) is 0 Å². The molecule has 0 radical (unpaired) electrons. The zero-order valence-electron chi connectivity index (χ0n) is 15.2. The van der Waals surface area contributed by atoms with E-state index in [1.807, 2.05) is 42.5 Å². The zero-order chi connectivity index (χ0) is 19.7. The summed E-state index contributed by atoms with van der Waals surface area (Å²) >= 11 is 0. The van der Waals surface area contributed by atoms with Crippen molar-refractivity contribution in [1.82, 2.24) is 5.32 Å². The minimum atomic E-state index is -1.49. The Morgan fingerprint density at radius 3 is 2.54 bits per heavy atom. The first-order valence-electron chi connectivity index (χ1n) is 9.17. The number of ether oxygens (including phenoxy) is 1. The fourth-order valence-electron chi connectivity index (χ4n) is 4.00. The number of carbonyl (C=O) groups is 3. The standard InChI is InChI=1S/C22H20N2O4/c23-21(27)22(11-10-15-8-4-5-9-18(15)22)28-20(26)17-13-24-19(25)12-16(17)14-6-2-1-3-7-14/h1-9,13,16H,10-12H2,(H2,23,27)(H,24,25). The van der Waals surface area contributed by atoms with Crippen molar-refractivity contribution >= 4 is 17.8 Å². The molecule has 1 heterocycles. The Kier molecular flexibility index (Phi) is 4.47. The first kappa shape index (κ1) is 18.0. The fraction of sp³-hybridized carbons (Fsp3) is 0.227. The average Bonchev–Trinajstić information content (AvgIpc) is 3.08. The molecule has 2 unspecified atom stereocenters. The van der Waals surface area contributed by atoms with Crippen molar-refractivity contribution < 1.29 is 19.1 Å². The number of hydrogen-bond acceptors (Lipinski definition) is 4. The van der Waals surface area contributed by atoms with Gasteiger partial charge in [-0.05, 0) is 17.5 Å². The maximum absolute atomic E-state index is 13.1. The highest BCUT2D eigenvalue weighted by atomic mass is 16.6. The van der Waals surface area contributed by atoms with E-state index < -0.39 is 23.4 Å². The van der Waals surface area contributed by atoms with Crippen LogP contribution in [0, 0.1) is 0 Å². The normalized spacial score (nSPS) is 23.4. The molecule has 6 nitrogen and oxygen atoms in total. The summed E-state index contributed by atoms with van der Waals surface area (Å²) in [5.41, 5.74) is 6.91. The summed E-state index contributed by atoms with van der Waals surface area (Å²) in [6, 6.07) is 16.6. The van der Waals surface area contributed by atoms with E-state index in [9.17, 15) is 14.4 Å². The number of esters is 1. The quantitative estimate of drug-likeness (QED) is 0.798. The van der Waals surface area contributed by atoms with Crippen LogP contribution in [0.3, 0.4) is 0 Å². The largest absolute Gasteiger partial charge is 0.441 e. The first-order chi connectivity index (χ1) is 13.5. The molecule has 0 spiro atoms. The van der Waals surface area contributed by atoms with Crippen LogP contribution >= 0.6 is 0 Å². The third-order valence-corrected chi connectivity index (χ3v) is 5.46. The van der Waals surface area contributed by atoms with Crippen molar-refractivity contribution in [3.63, 3.8) is 0 Å². The van der Waals surface area contributed by atoms with Gasteiger partial charge < -0.3 is 15.8 Å². The van der Waals surface area contributed by atoms with Crippen molar-refractivity contribution in [2.24, 2.45) is 5.73 Å². The molecule has 28 heavy (non-hydrogen) atoms. The summed E-state index contributed by atoms with van der Waals surface area (Å²) in [5, 5.41) is 2.58. The predicted molar refractivity (Wildman–Crippen MR) is 102 cm³/mol. The third-order valence-electron chi connectivity index (χ3n) is 5.46. The van der Waals surface area contributed by atoms with Crippen LogP contribution in [0.5, 0.6) is 0 Å². The molecule has 3 N–H and O–H groups in total. The van der Waals surface area contributed by atoms with Gasteiger partial charge in [0.1, 0.15) is 0 Å². The lowest BCUT2D eigenvalue weighted by Crippen LogP contribution is -2.44. The first-order valence-corrected chi connectivity index (χ1v) is 9.17. The van der Waals surface area contributed by atoms with E-state index in [1.165, 1.54) is 6.20 Å². The van der Waals surface area contributed by atoms with Crippen LogP contribution in [-0.4, -0.2) is 17.8 Å². The molecule has 4 rings (SSSR count). The number of primary amides is 1. The predicted octanol–water partition coefficient (Wildman–Crippen LogP) is 2.04. The molecule has 2 aromatic rings. The van der Waals surface area contributed by atoms with Crippen LogP contribution in [0.15, 0.2) is 66.4 Å². The smallest absolute Gasteiger partial charge is 0.337 e. The summed E-state index contributed by atoms with van der Waals surface area (Å²) in [5.74, 6) is -1.96. The molecule has 142 valence electrons. The molecule has 1 aliphatic carbocycles. The summed E-state index contributed by atoms with van der Waals surface area (Å²) in [4.78, 5) is 37.4. The van der Waals surface area contributed by atoms with E-state index >= 15 is 0 Å². The second-order valence-electron chi connectivity index (χ2n) is 7.07. The van der Waals surface area contributed by atoms with Gasteiger partial charge in [0.15, 0.2) is 0 Å². The average molecular weight is 376 g/mol. The maximum Gasteiger partial charge on any atom is 0.337 e. The summed E-state index contributed by atoms with van der Waals surface area (Å²) in [6.07, 6.45) is 2.42.